The van der Waals surface area contributed by atoms with Gasteiger partial charge in [0.25, 0.3) is 0 Å². The lowest BCUT2D eigenvalue weighted by Crippen LogP contribution is -2.39. The van der Waals surface area contributed by atoms with E-state index in [1.807, 2.05) is 0 Å². The smallest absolute Gasteiger partial charge is 0.390 e. The second kappa shape index (κ2) is 14.2. The van der Waals surface area contributed by atoms with E-state index in [0.29, 0.717) is 42.1 Å². The Bertz CT molecular complexity index is 1340. The highest BCUT2D eigenvalue weighted by Gasteiger charge is 2.35. The van der Waals surface area contributed by atoms with Crippen molar-refractivity contribution in [3.63, 3.8) is 0 Å². The summed E-state index contributed by atoms with van der Waals surface area (Å²) in [7, 11) is -3.47. The highest BCUT2D eigenvalue weighted by Crippen LogP contribution is 2.40. The quantitative estimate of drug-likeness (QED) is 0.356. The zero-order chi connectivity index (χ0) is 30.6. The van der Waals surface area contributed by atoms with E-state index in [2.05, 4.69) is 9.80 Å². The van der Waals surface area contributed by atoms with E-state index in [-0.39, 0.29) is 23.7 Å². The largest absolute Gasteiger partial charge is 0.417 e. The van der Waals surface area contributed by atoms with Gasteiger partial charge in [0.1, 0.15) is 0 Å². The van der Waals surface area contributed by atoms with Crippen LogP contribution in [0.2, 0.25) is 0 Å². The number of halogens is 3. The minimum absolute atomic E-state index is 0.0293. The van der Waals surface area contributed by atoms with Gasteiger partial charge in [-0.3, -0.25) is 4.68 Å². The number of nitrogens with zero attached hydrogens (tertiary/aromatic N) is 5. The first kappa shape index (κ1) is 32.7. The number of hydrogen-bond acceptors (Lipinski definition) is 7. The second-order valence-corrected chi connectivity index (χ2v) is 15.3. The number of benzene rings is 1. The van der Waals surface area contributed by atoms with Crippen LogP contribution in [0.3, 0.4) is 0 Å². The number of aromatic nitrogens is 2. The van der Waals surface area contributed by atoms with Gasteiger partial charge in [-0.2, -0.15) is 22.6 Å². The van der Waals surface area contributed by atoms with Gasteiger partial charge >= 0.3 is 6.18 Å². The van der Waals surface area contributed by atoms with E-state index < -0.39 is 27.9 Å². The Hall–Kier alpha value is -1.64. The van der Waals surface area contributed by atoms with Crippen molar-refractivity contribution in [3.05, 3.63) is 35.0 Å². The Morgan fingerprint density at radius 1 is 0.977 bits per heavy atom. The Morgan fingerprint density at radius 2 is 1.65 bits per heavy atom. The molecule has 0 radical (unpaired) electrons. The van der Waals surface area contributed by atoms with Crippen molar-refractivity contribution in [2.45, 2.75) is 82.1 Å². The second-order valence-electron chi connectivity index (χ2n) is 11.9. The van der Waals surface area contributed by atoms with E-state index in [1.54, 1.807) is 17.7 Å². The molecule has 2 aromatic rings. The summed E-state index contributed by atoms with van der Waals surface area (Å²) in [6.07, 6.45) is 2.15. The third kappa shape index (κ3) is 8.15. The third-order valence-corrected chi connectivity index (χ3v) is 11.7. The molecule has 1 unspecified atom stereocenters. The summed E-state index contributed by atoms with van der Waals surface area (Å²) >= 11 is 1.21. The van der Waals surface area contributed by atoms with Crippen LogP contribution >= 0.6 is 11.8 Å². The molecule has 4 heterocycles. The molecule has 1 aromatic carbocycles. The molecule has 1 aromatic heterocycles. The number of alkyl halides is 3. The number of aliphatic hydroxyl groups excluding tert-OH is 1. The summed E-state index contributed by atoms with van der Waals surface area (Å²) in [5.74, 6) is 0.517. The molecule has 2 saturated heterocycles. The first-order valence-corrected chi connectivity index (χ1v) is 18.2. The first-order chi connectivity index (χ1) is 20.5. The maximum absolute atomic E-state index is 14.1. The van der Waals surface area contributed by atoms with Crippen molar-refractivity contribution in [3.8, 4) is 11.3 Å². The van der Waals surface area contributed by atoms with E-state index in [4.69, 9.17) is 5.10 Å². The molecule has 0 amide bonds. The number of rotatable bonds is 11. The SMILES string of the molecule is CCS(=O)(=O)N1CCc2c(c(-c3ccc(C(F)(F)F)c(SCCN4CCCCC4)c3)nn2CC(O)CN2CCCCC2)C1. The third-order valence-electron chi connectivity index (χ3n) is 8.83. The van der Waals surface area contributed by atoms with E-state index in [0.717, 1.165) is 70.2 Å². The van der Waals surface area contributed by atoms with Gasteiger partial charge in [-0.1, -0.05) is 18.9 Å². The fraction of sp³-hybridized carbons (Fsp3) is 0.700. The van der Waals surface area contributed by atoms with Crippen LogP contribution in [0, 0.1) is 0 Å². The predicted molar refractivity (Wildman–Crippen MR) is 164 cm³/mol. The number of piperidine rings is 2. The summed E-state index contributed by atoms with van der Waals surface area (Å²) in [5, 5.41) is 15.8. The van der Waals surface area contributed by atoms with Gasteiger partial charge in [-0.25, -0.2) is 8.42 Å². The highest BCUT2D eigenvalue weighted by molar-refractivity contribution is 7.99. The van der Waals surface area contributed by atoms with E-state index in [9.17, 15) is 26.7 Å². The van der Waals surface area contributed by atoms with Crippen LogP contribution < -0.4 is 0 Å². The molecule has 0 bridgehead atoms. The topological polar surface area (TPSA) is 81.9 Å². The monoisotopic (exact) mass is 643 g/mol. The predicted octanol–water partition coefficient (Wildman–Crippen LogP) is 4.70. The zero-order valence-corrected chi connectivity index (χ0v) is 26.6. The Balaban J connectivity index is 1.44. The van der Waals surface area contributed by atoms with Gasteiger partial charge in [0.2, 0.25) is 10.0 Å². The average Bonchev–Trinajstić information content (AvgIpc) is 3.35. The molecule has 1 atom stereocenters. The summed E-state index contributed by atoms with van der Waals surface area (Å²) in [6, 6.07) is 4.13. The van der Waals surface area contributed by atoms with Gasteiger partial charge in [-0.15, -0.1) is 11.8 Å². The van der Waals surface area contributed by atoms with Crippen molar-refractivity contribution in [1.29, 1.82) is 0 Å². The Morgan fingerprint density at radius 3 is 2.30 bits per heavy atom. The van der Waals surface area contributed by atoms with Crippen LogP contribution in [0.15, 0.2) is 23.1 Å². The minimum Gasteiger partial charge on any atom is -0.390 e. The number of sulfonamides is 1. The summed E-state index contributed by atoms with van der Waals surface area (Å²) in [4.78, 5) is 4.72. The Labute approximate surface area is 257 Å². The van der Waals surface area contributed by atoms with Crippen molar-refractivity contribution < 1.29 is 26.7 Å². The Kier molecular flexibility index (Phi) is 10.8. The van der Waals surface area contributed by atoms with Crippen molar-refractivity contribution in [2.75, 3.05) is 57.3 Å². The van der Waals surface area contributed by atoms with Gasteiger partial charge in [0, 0.05) is 60.1 Å². The number of aliphatic hydroxyl groups is 1. The maximum Gasteiger partial charge on any atom is 0.417 e. The van der Waals surface area contributed by atoms with E-state index in [1.165, 1.54) is 35.0 Å². The lowest BCUT2D eigenvalue weighted by molar-refractivity contribution is -0.139. The molecular formula is C30H44F3N5O3S2. The summed E-state index contributed by atoms with van der Waals surface area (Å²) in [5.41, 5.74) is 1.90. The first-order valence-electron chi connectivity index (χ1n) is 15.6. The number of hydrogen-bond donors (Lipinski definition) is 1. The molecule has 0 aliphatic carbocycles. The summed E-state index contributed by atoms with van der Waals surface area (Å²) in [6.45, 7) is 7.40. The van der Waals surface area contributed by atoms with Crippen LogP contribution in [0.4, 0.5) is 13.2 Å². The van der Waals surface area contributed by atoms with Crippen molar-refractivity contribution >= 4 is 21.8 Å². The molecule has 13 heteroatoms. The van der Waals surface area contributed by atoms with Gasteiger partial charge < -0.3 is 14.9 Å². The molecule has 3 aliphatic rings. The number of likely N-dealkylation sites (tertiary alicyclic amines) is 2. The minimum atomic E-state index is -4.49. The van der Waals surface area contributed by atoms with Crippen LogP contribution in [-0.2, 0) is 35.7 Å². The molecule has 43 heavy (non-hydrogen) atoms. The molecule has 240 valence electrons. The van der Waals surface area contributed by atoms with Crippen molar-refractivity contribution in [2.24, 2.45) is 0 Å². The maximum atomic E-state index is 14.1. The molecule has 0 spiro atoms. The van der Waals surface area contributed by atoms with E-state index >= 15 is 0 Å². The molecule has 5 rings (SSSR count). The lowest BCUT2D eigenvalue weighted by atomic mass is 10.0. The number of β-amino-alcohol motifs (C(OH)–C–C–N with tert-alkyl or cyclic N) is 1. The average molecular weight is 644 g/mol. The van der Waals surface area contributed by atoms with Gasteiger partial charge in [0.05, 0.1) is 29.7 Å². The van der Waals surface area contributed by atoms with Crippen LogP contribution in [-0.4, -0.2) is 101 Å². The molecule has 1 N–H and O–H groups in total. The molecule has 3 aliphatic heterocycles. The molecule has 0 saturated carbocycles. The fourth-order valence-electron chi connectivity index (χ4n) is 6.46. The molecular weight excluding hydrogens is 599 g/mol. The van der Waals surface area contributed by atoms with Crippen LogP contribution in [0.25, 0.3) is 11.3 Å². The normalized spacial score (nSPS) is 20.3. The van der Waals surface area contributed by atoms with Gasteiger partial charge in [-0.05, 0) is 70.9 Å². The fourth-order valence-corrected chi connectivity index (χ4v) is 8.64. The molecule has 8 nitrogen and oxygen atoms in total. The van der Waals surface area contributed by atoms with Crippen LogP contribution in [0.5, 0.6) is 0 Å². The van der Waals surface area contributed by atoms with Crippen molar-refractivity contribution in [1.82, 2.24) is 23.9 Å². The number of thioether (sulfide) groups is 1. The number of fused-ring (bicyclic) bond motifs is 1. The summed E-state index contributed by atoms with van der Waals surface area (Å²) < 4.78 is 70.9. The zero-order valence-electron chi connectivity index (χ0n) is 25.0. The highest BCUT2D eigenvalue weighted by atomic mass is 32.2. The molecule has 2 fully saturated rings. The van der Waals surface area contributed by atoms with Crippen LogP contribution in [0.1, 0.15) is 62.3 Å². The lowest BCUT2D eigenvalue weighted by Gasteiger charge is -2.29. The standard InChI is InChI=1S/C30H44F3N5O3S2/c1-2-43(40,41)37-16-11-27-25(22-37)29(34-38(27)21-24(39)20-36-14-7-4-8-15-36)23-9-10-26(30(31,32)33)28(19-23)42-18-17-35-12-5-3-6-13-35/h9-10,19,24,39H,2-8,11-18,20-22H2,1H3. The van der Waals surface area contributed by atoms with Gasteiger partial charge in [0.15, 0.2) is 0 Å².